The number of ketones is 1. The van der Waals surface area contributed by atoms with E-state index < -0.39 is 0 Å². The minimum atomic E-state index is -0.284. The lowest BCUT2D eigenvalue weighted by molar-refractivity contribution is -0.131. The van der Waals surface area contributed by atoms with Gasteiger partial charge in [0.15, 0.2) is 0 Å². The lowest BCUT2D eigenvalue weighted by Crippen LogP contribution is -2.42. The number of hydrogen-bond acceptors (Lipinski definition) is 3. The molecule has 3 nitrogen and oxygen atoms in total. The number of pyridine rings is 1. The summed E-state index contributed by atoms with van der Waals surface area (Å²) < 4.78 is 0. The van der Waals surface area contributed by atoms with Gasteiger partial charge < -0.3 is 5.73 Å². The summed E-state index contributed by atoms with van der Waals surface area (Å²) in [6.07, 6.45) is 11.6. The highest BCUT2D eigenvalue weighted by Crippen LogP contribution is 2.42. The van der Waals surface area contributed by atoms with Gasteiger partial charge in [0.05, 0.1) is 11.6 Å². The largest absolute Gasteiger partial charge is 0.329 e. The van der Waals surface area contributed by atoms with Crippen LogP contribution in [0.2, 0.25) is 0 Å². The van der Waals surface area contributed by atoms with Crippen LogP contribution < -0.4 is 5.73 Å². The molecule has 1 aromatic rings. The van der Waals surface area contributed by atoms with Gasteiger partial charge in [0.1, 0.15) is 5.78 Å². The Morgan fingerprint density at radius 1 is 1.24 bits per heavy atom. The van der Waals surface area contributed by atoms with E-state index in [-0.39, 0.29) is 11.3 Å². The number of rotatable bonds is 3. The van der Waals surface area contributed by atoms with Gasteiger partial charge in [-0.1, -0.05) is 31.7 Å². The number of Topliss-reactive ketones (excluding diaryl/α,β-unsaturated/α-hetero) is 1. The number of fused-ring (bicyclic) bond motifs is 1. The third-order valence-electron chi connectivity index (χ3n) is 5.49. The van der Waals surface area contributed by atoms with Crippen molar-refractivity contribution >= 4 is 5.78 Å². The van der Waals surface area contributed by atoms with Crippen molar-refractivity contribution in [2.45, 2.75) is 63.7 Å². The zero-order valence-corrected chi connectivity index (χ0v) is 12.8. The van der Waals surface area contributed by atoms with Crippen molar-refractivity contribution in [3.05, 3.63) is 29.6 Å². The van der Waals surface area contributed by atoms with Gasteiger partial charge in [-0.25, -0.2) is 0 Å². The molecule has 1 aromatic heterocycles. The SMILES string of the molecule is NCC1(C(=O)C2CCCc3cccnc32)CCCCCC1. The molecule has 0 amide bonds. The number of carbonyl (C=O) groups is 1. The zero-order chi connectivity index (χ0) is 14.7. The molecule has 1 saturated carbocycles. The normalized spacial score (nSPS) is 24.9. The van der Waals surface area contributed by atoms with E-state index in [4.69, 9.17) is 5.73 Å². The maximum Gasteiger partial charge on any atom is 0.149 e. The lowest BCUT2D eigenvalue weighted by atomic mass is 9.69. The number of carbonyl (C=O) groups excluding carboxylic acids is 1. The maximum atomic E-state index is 13.3. The lowest BCUT2D eigenvalue weighted by Gasteiger charge is -2.35. The number of hydrogen-bond donors (Lipinski definition) is 1. The second kappa shape index (κ2) is 6.27. The van der Waals surface area contributed by atoms with Crippen LogP contribution in [0.5, 0.6) is 0 Å². The number of nitrogens with two attached hydrogens (primary N) is 1. The van der Waals surface area contributed by atoms with Gasteiger partial charge in [-0.15, -0.1) is 0 Å². The molecule has 2 N–H and O–H groups in total. The first kappa shape index (κ1) is 14.7. The standard InChI is InChI=1S/C18H26N2O/c19-13-18(10-3-1-2-4-11-18)17(21)15-9-5-7-14-8-6-12-20-16(14)15/h6,8,12,15H,1-5,7,9-11,13,19H2. The summed E-state index contributed by atoms with van der Waals surface area (Å²) in [7, 11) is 0. The Morgan fingerprint density at radius 3 is 2.71 bits per heavy atom. The molecule has 1 atom stereocenters. The Morgan fingerprint density at radius 2 is 2.00 bits per heavy atom. The Kier molecular flexibility index (Phi) is 4.39. The van der Waals surface area contributed by atoms with Gasteiger partial charge in [-0.2, -0.15) is 0 Å². The van der Waals surface area contributed by atoms with Crippen LogP contribution in [0.1, 0.15) is 68.5 Å². The van der Waals surface area contributed by atoms with Gasteiger partial charge in [0.25, 0.3) is 0 Å². The average Bonchev–Trinajstić information content (AvgIpc) is 2.80. The summed E-state index contributed by atoms with van der Waals surface area (Å²) in [6.45, 7) is 0.504. The molecular formula is C18H26N2O. The highest BCUT2D eigenvalue weighted by atomic mass is 16.1. The highest BCUT2D eigenvalue weighted by Gasteiger charge is 2.42. The zero-order valence-electron chi connectivity index (χ0n) is 12.8. The molecule has 0 bridgehead atoms. The second-order valence-electron chi connectivity index (χ2n) is 6.76. The fourth-order valence-electron chi connectivity index (χ4n) is 4.19. The van der Waals surface area contributed by atoms with Gasteiger partial charge in [0.2, 0.25) is 0 Å². The molecule has 0 aromatic carbocycles. The molecule has 0 aliphatic heterocycles. The van der Waals surface area contributed by atoms with Crippen LogP contribution >= 0.6 is 0 Å². The van der Waals surface area contributed by atoms with E-state index >= 15 is 0 Å². The molecule has 0 spiro atoms. The number of aromatic nitrogens is 1. The molecule has 0 radical (unpaired) electrons. The molecule has 1 heterocycles. The minimum absolute atomic E-state index is 0.0170. The Balaban J connectivity index is 1.90. The van der Waals surface area contributed by atoms with Crippen molar-refractivity contribution in [2.24, 2.45) is 11.1 Å². The summed E-state index contributed by atoms with van der Waals surface area (Å²) in [5.74, 6) is 0.364. The van der Waals surface area contributed by atoms with Crippen LogP contribution in [-0.4, -0.2) is 17.3 Å². The predicted molar refractivity (Wildman–Crippen MR) is 84.1 cm³/mol. The van der Waals surface area contributed by atoms with E-state index in [0.29, 0.717) is 12.3 Å². The number of nitrogens with zero attached hydrogens (tertiary/aromatic N) is 1. The molecule has 3 rings (SSSR count). The van der Waals surface area contributed by atoms with Crippen molar-refractivity contribution in [1.82, 2.24) is 4.98 Å². The summed E-state index contributed by atoms with van der Waals surface area (Å²) in [5, 5.41) is 0. The van der Waals surface area contributed by atoms with Crippen LogP contribution in [0.15, 0.2) is 18.3 Å². The summed E-state index contributed by atoms with van der Waals surface area (Å²) >= 11 is 0. The highest BCUT2D eigenvalue weighted by molar-refractivity contribution is 5.91. The number of aryl methyl sites for hydroxylation is 1. The smallest absolute Gasteiger partial charge is 0.149 e. The first-order chi connectivity index (χ1) is 10.3. The Labute approximate surface area is 127 Å². The van der Waals surface area contributed by atoms with E-state index in [2.05, 4.69) is 11.1 Å². The quantitative estimate of drug-likeness (QED) is 0.867. The first-order valence-corrected chi connectivity index (χ1v) is 8.45. The van der Waals surface area contributed by atoms with Gasteiger partial charge >= 0.3 is 0 Å². The third-order valence-corrected chi connectivity index (χ3v) is 5.49. The van der Waals surface area contributed by atoms with Gasteiger partial charge in [-0.3, -0.25) is 9.78 Å². The minimum Gasteiger partial charge on any atom is -0.329 e. The van der Waals surface area contributed by atoms with Crippen LogP contribution in [0, 0.1) is 5.41 Å². The third kappa shape index (κ3) is 2.76. The van der Waals surface area contributed by atoms with E-state index in [0.717, 1.165) is 50.6 Å². The molecule has 1 unspecified atom stereocenters. The molecular weight excluding hydrogens is 260 g/mol. The molecule has 3 heteroatoms. The van der Waals surface area contributed by atoms with Crippen LogP contribution in [0.25, 0.3) is 0 Å². The van der Waals surface area contributed by atoms with E-state index in [1.54, 1.807) is 0 Å². The summed E-state index contributed by atoms with van der Waals surface area (Å²) in [5.41, 5.74) is 8.11. The molecule has 2 aliphatic carbocycles. The Hall–Kier alpha value is -1.22. The van der Waals surface area contributed by atoms with Crippen molar-refractivity contribution in [3.63, 3.8) is 0 Å². The van der Waals surface area contributed by atoms with Crippen molar-refractivity contribution in [3.8, 4) is 0 Å². The van der Waals surface area contributed by atoms with Crippen LogP contribution in [0.4, 0.5) is 0 Å². The van der Waals surface area contributed by atoms with Crippen molar-refractivity contribution < 1.29 is 4.79 Å². The first-order valence-electron chi connectivity index (χ1n) is 8.45. The average molecular weight is 286 g/mol. The fourth-order valence-corrected chi connectivity index (χ4v) is 4.19. The van der Waals surface area contributed by atoms with Gasteiger partial charge in [-0.05, 0) is 43.7 Å². The molecule has 0 saturated heterocycles. The van der Waals surface area contributed by atoms with Crippen molar-refractivity contribution in [2.75, 3.05) is 6.54 Å². The van der Waals surface area contributed by atoms with Crippen LogP contribution in [0.3, 0.4) is 0 Å². The molecule has 2 aliphatic rings. The van der Waals surface area contributed by atoms with E-state index in [1.165, 1.54) is 18.4 Å². The summed E-state index contributed by atoms with van der Waals surface area (Å²) in [6, 6.07) is 4.11. The summed E-state index contributed by atoms with van der Waals surface area (Å²) in [4.78, 5) is 17.8. The monoisotopic (exact) mass is 286 g/mol. The molecule has 114 valence electrons. The Bertz CT molecular complexity index is 504. The molecule has 1 fully saturated rings. The van der Waals surface area contributed by atoms with E-state index in [1.807, 2.05) is 12.3 Å². The van der Waals surface area contributed by atoms with Gasteiger partial charge in [0, 0.05) is 18.2 Å². The van der Waals surface area contributed by atoms with Crippen molar-refractivity contribution in [1.29, 1.82) is 0 Å². The van der Waals surface area contributed by atoms with E-state index in [9.17, 15) is 4.79 Å². The maximum absolute atomic E-state index is 13.3. The topological polar surface area (TPSA) is 56.0 Å². The second-order valence-corrected chi connectivity index (χ2v) is 6.76. The predicted octanol–water partition coefficient (Wildman–Crippen LogP) is 3.37. The molecule has 21 heavy (non-hydrogen) atoms. The van der Waals surface area contributed by atoms with Crippen LogP contribution in [-0.2, 0) is 11.2 Å². The fraction of sp³-hybridized carbons (Fsp3) is 0.667.